The van der Waals surface area contributed by atoms with Gasteiger partial charge in [-0.05, 0) is 35.0 Å². The van der Waals surface area contributed by atoms with E-state index in [1.54, 1.807) is 0 Å². The third-order valence-electron chi connectivity index (χ3n) is 3.65. The standard InChI is InChI=1S/C19H15Cl2N3O2/c20-15-7-14(19(26)17(21)9-15)10-23-24-18(25)11-22-16-6-5-12-3-1-2-4-13(12)8-16/h1-10,22,26H,11H2,(H,24,25). The van der Waals surface area contributed by atoms with Crippen LogP contribution in [0.15, 0.2) is 59.7 Å². The van der Waals surface area contributed by atoms with Gasteiger partial charge < -0.3 is 10.4 Å². The first kappa shape index (κ1) is 18.0. The van der Waals surface area contributed by atoms with Gasteiger partial charge in [-0.2, -0.15) is 5.10 Å². The third kappa shape index (κ3) is 4.45. The van der Waals surface area contributed by atoms with E-state index in [2.05, 4.69) is 15.8 Å². The van der Waals surface area contributed by atoms with Gasteiger partial charge in [0.15, 0.2) is 0 Å². The molecule has 0 atom stereocenters. The second-order valence-corrected chi connectivity index (χ2v) is 6.38. The van der Waals surface area contributed by atoms with Crippen LogP contribution >= 0.6 is 23.2 Å². The molecular weight excluding hydrogens is 373 g/mol. The minimum atomic E-state index is -0.331. The van der Waals surface area contributed by atoms with Gasteiger partial charge in [0.1, 0.15) is 5.75 Å². The molecule has 3 N–H and O–H groups in total. The monoisotopic (exact) mass is 387 g/mol. The largest absolute Gasteiger partial charge is 0.506 e. The molecule has 0 aromatic heterocycles. The average Bonchev–Trinajstić information content (AvgIpc) is 2.63. The summed E-state index contributed by atoms with van der Waals surface area (Å²) in [6.07, 6.45) is 1.28. The summed E-state index contributed by atoms with van der Waals surface area (Å²) in [4.78, 5) is 11.9. The number of amides is 1. The highest BCUT2D eigenvalue weighted by molar-refractivity contribution is 6.36. The van der Waals surface area contributed by atoms with Crippen molar-refractivity contribution in [3.63, 3.8) is 0 Å². The SMILES string of the molecule is O=C(CNc1ccc2ccccc2c1)NN=Cc1cc(Cl)cc(Cl)c1O. The Morgan fingerprint density at radius 3 is 2.65 bits per heavy atom. The summed E-state index contributed by atoms with van der Waals surface area (Å²) in [5.74, 6) is -0.481. The van der Waals surface area contributed by atoms with Crippen molar-refractivity contribution in [3.8, 4) is 5.75 Å². The van der Waals surface area contributed by atoms with Crippen molar-refractivity contribution in [2.45, 2.75) is 0 Å². The van der Waals surface area contributed by atoms with Crippen molar-refractivity contribution in [2.24, 2.45) is 5.10 Å². The number of nitrogens with zero attached hydrogens (tertiary/aromatic N) is 1. The second-order valence-electron chi connectivity index (χ2n) is 5.53. The number of benzene rings is 3. The molecule has 0 aliphatic rings. The van der Waals surface area contributed by atoms with E-state index < -0.39 is 0 Å². The number of phenols is 1. The number of phenolic OH excluding ortho intramolecular Hbond substituents is 1. The topological polar surface area (TPSA) is 73.7 Å². The second kappa shape index (κ2) is 8.08. The van der Waals surface area contributed by atoms with E-state index in [1.165, 1.54) is 18.3 Å². The summed E-state index contributed by atoms with van der Waals surface area (Å²) in [7, 11) is 0. The van der Waals surface area contributed by atoms with E-state index in [0.717, 1.165) is 16.5 Å². The van der Waals surface area contributed by atoms with Crippen LogP contribution in [0.2, 0.25) is 10.0 Å². The van der Waals surface area contributed by atoms with Crippen molar-refractivity contribution >= 4 is 51.8 Å². The van der Waals surface area contributed by atoms with Crippen LogP contribution in [0.25, 0.3) is 10.8 Å². The maximum atomic E-state index is 11.9. The number of nitrogens with one attached hydrogen (secondary N) is 2. The summed E-state index contributed by atoms with van der Waals surface area (Å²) in [5, 5.41) is 19.4. The number of aromatic hydroxyl groups is 1. The summed E-state index contributed by atoms with van der Waals surface area (Å²) < 4.78 is 0. The van der Waals surface area contributed by atoms with E-state index in [4.69, 9.17) is 23.2 Å². The lowest BCUT2D eigenvalue weighted by Crippen LogP contribution is -2.25. The quantitative estimate of drug-likeness (QED) is 0.448. The molecule has 0 saturated heterocycles. The van der Waals surface area contributed by atoms with E-state index in [9.17, 15) is 9.90 Å². The van der Waals surface area contributed by atoms with Gasteiger partial charge in [-0.3, -0.25) is 4.79 Å². The molecule has 0 saturated carbocycles. The zero-order chi connectivity index (χ0) is 18.5. The normalized spacial score (nSPS) is 11.0. The Labute approximate surface area is 160 Å². The van der Waals surface area contributed by atoms with Gasteiger partial charge in [-0.15, -0.1) is 0 Å². The summed E-state index contributed by atoms with van der Waals surface area (Å²) in [6, 6.07) is 16.7. The van der Waals surface area contributed by atoms with Crippen LogP contribution in [-0.2, 0) is 4.79 Å². The smallest absolute Gasteiger partial charge is 0.259 e. The number of anilines is 1. The highest BCUT2D eigenvalue weighted by Crippen LogP contribution is 2.29. The zero-order valence-corrected chi connectivity index (χ0v) is 15.1. The van der Waals surface area contributed by atoms with Crippen LogP contribution in [0.5, 0.6) is 5.75 Å². The lowest BCUT2D eigenvalue weighted by Gasteiger charge is -2.07. The molecule has 0 unspecified atom stereocenters. The predicted molar refractivity (Wildman–Crippen MR) is 106 cm³/mol. The van der Waals surface area contributed by atoms with Gasteiger partial charge in [0.2, 0.25) is 0 Å². The molecule has 0 aliphatic heterocycles. The Kier molecular flexibility index (Phi) is 5.61. The predicted octanol–water partition coefficient (Wildman–Crippen LogP) is 4.41. The maximum Gasteiger partial charge on any atom is 0.259 e. The van der Waals surface area contributed by atoms with E-state index in [1.807, 2.05) is 42.5 Å². The van der Waals surface area contributed by atoms with E-state index in [-0.39, 0.29) is 23.2 Å². The van der Waals surface area contributed by atoms with Crippen molar-refractivity contribution in [2.75, 3.05) is 11.9 Å². The zero-order valence-electron chi connectivity index (χ0n) is 13.5. The van der Waals surface area contributed by atoms with Crippen molar-refractivity contribution in [1.29, 1.82) is 0 Å². The van der Waals surface area contributed by atoms with Crippen LogP contribution in [0.1, 0.15) is 5.56 Å². The molecule has 0 fully saturated rings. The Hall–Kier alpha value is -2.76. The number of carbonyl (C=O) groups is 1. The van der Waals surface area contributed by atoms with Gasteiger partial charge in [0.05, 0.1) is 17.8 Å². The number of halogens is 2. The van der Waals surface area contributed by atoms with Crippen molar-refractivity contribution < 1.29 is 9.90 Å². The molecular formula is C19H15Cl2N3O2. The number of fused-ring (bicyclic) bond motifs is 1. The van der Waals surface area contributed by atoms with Gasteiger partial charge in [-0.25, -0.2) is 5.43 Å². The Balaban J connectivity index is 1.57. The van der Waals surface area contributed by atoms with Crippen LogP contribution in [0.3, 0.4) is 0 Å². The molecule has 5 nitrogen and oxygen atoms in total. The van der Waals surface area contributed by atoms with Gasteiger partial charge >= 0.3 is 0 Å². The molecule has 0 radical (unpaired) electrons. The van der Waals surface area contributed by atoms with E-state index in [0.29, 0.717) is 10.6 Å². The number of hydrogen-bond acceptors (Lipinski definition) is 4. The van der Waals surface area contributed by atoms with Gasteiger partial charge in [-0.1, -0.05) is 53.5 Å². The van der Waals surface area contributed by atoms with Crippen LogP contribution in [-0.4, -0.2) is 23.8 Å². The molecule has 1 amide bonds. The number of rotatable bonds is 5. The number of hydrogen-bond donors (Lipinski definition) is 3. The van der Waals surface area contributed by atoms with Crippen molar-refractivity contribution in [3.05, 3.63) is 70.2 Å². The highest BCUT2D eigenvalue weighted by Gasteiger charge is 2.06. The van der Waals surface area contributed by atoms with Crippen LogP contribution in [0.4, 0.5) is 5.69 Å². The Morgan fingerprint density at radius 1 is 1.08 bits per heavy atom. The Bertz CT molecular complexity index is 990. The first-order chi connectivity index (χ1) is 12.5. The third-order valence-corrected chi connectivity index (χ3v) is 4.16. The maximum absolute atomic E-state index is 11.9. The molecule has 3 rings (SSSR count). The number of hydrazone groups is 1. The highest BCUT2D eigenvalue weighted by atomic mass is 35.5. The molecule has 0 spiro atoms. The fraction of sp³-hybridized carbons (Fsp3) is 0.0526. The number of carbonyl (C=O) groups excluding carboxylic acids is 1. The molecule has 0 bridgehead atoms. The first-order valence-electron chi connectivity index (χ1n) is 7.75. The summed E-state index contributed by atoms with van der Waals surface area (Å²) >= 11 is 11.7. The van der Waals surface area contributed by atoms with Gasteiger partial charge in [0, 0.05) is 16.3 Å². The molecule has 0 aliphatic carbocycles. The van der Waals surface area contributed by atoms with Gasteiger partial charge in [0.25, 0.3) is 5.91 Å². The molecule has 26 heavy (non-hydrogen) atoms. The fourth-order valence-corrected chi connectivity index (χ4v) is 2.89. The van der Waals surface area contributed by atoms with Crippen LogP contribution < -0.4 is 10.7 Å². The average molecular weight is 388 g/mol. The van der Waals surface area contributed by atoms with E-state index >= 15 is 0 Å². The molecule has 132 valence electrons. The molecule has 0 heterocycles. The summed E-state index contributed by atoms with van der Waals surface area (Å²) in [5.41, 5.74) is 3.52. The minimum absolute atomic E-state index is 0.0535. The lowest BCUT2D eigenvalue weighted by atomic mass is 10.1. The minimum Gasteiger partial charge on any atom is -0.506 e. The fourth-order valence-electron chi connectivity index (χ4n) is 2.38. The first-order valence-corrected chi connectivity index (χ1v) is 8.51. The Morgan fingerprint density at radius 2 is 1.85 bits per heavy atom. The molecule has 3 aromatic carbocycles. The molecule has 3 aromatic rings. The summed E-state index contributed by atoms with van der Waals surface area (Å²) in [6.45, 7) is 0.0535. The lowest BCUT2D eigenvalue weighted by molar-refractivity contribution is -0.119. The van der Waals surface area contributed by atoms with Crippen molar-refractivity contribution in [1.82, 2.24) is 5.43 Å². The molecule has 7 heteroatoms. The van der Waals surface area contributed by atoms with Crippen LogP contribution in [0, 0.1) is 0 Å².